The molecule has 0 atom stereocenters. The second kappa shape index (κ2) is 4.39. The zero-order chi connectivity index (χ0) is 12.6. The van der Waals surface area contributed by atoms with Crippen LogP contribution < -0.4 is 0 Å². The average molecular weight is 246 g/mol. The first-order valence-corrected chi connectivity index (χ1v) is 6.61. The SMILES string of the molecule is O=C(O)Cc1ccc2c(c1)CCC21CCOCC1. The van der Waals surface area contributed by atoms with E-state index in [1.807, 2.05) is 6.07 Å². The number of fused-ring (bicyclic) bond motifs is 2. The summed E-state index contributed by atoms with van der Waals surface area (Å²) < 4.78 is 5.47. The maximum Gasteiger partial charge on any atom is 0.307 e. The van der Waals surface area contributed by atoms with Crippen LogP contribution in [0.1, 0.15) is 36.0 Å². The second-order valence-electron chi connectivity index (χ2n) is 5.45. The van der Waals surface area contributed by atoms with E-state index in [1.165, 1.54) is 17.5 Å². The molecule has 0 radical (unpaired) electrons. The molecule has 0 saturated carbocycles. The third-order valence-electron chi connectivity index (χ3n) is 4.42. The largest absolute Gasteiger partial charge is 0.481 e. The van der Waals surface area contributed by atoms with Crippen molar-refractivity contribution in [2.24, 2.45) is 0 Å². The van der Waals surface area contributed by atoms with E-state index in [2.05, 4.69) is 12.1 Å². The molecule has 0 unspecified atom stereocenters. The molecule has 1 heterocycles. The molecule has 1 saturated heterocycles. The van der Waals surface area contributed by atoms with E-state index in [0.717, 1.165) is 38.0 Å². The molecule has 1 fully saturated rings. The number of benzene rings is 1. The normalized spacial score (nSPS) is 20.9. The van der Waals surface area contributed by atoms with Gasteiger partial charge in [0.15, 0.2) is 0 Å². The van der Waals surface area contributed by atoms with Crippen molar-refractivity contribution in [3.8, 4) is 0 Å². The van der Waals surface area contributed by atoms with Crippen molar-refractivity contribution < 1.29 is 14.6 Å². The van der Waals surface area contributed by atoms with Gasteiger partial charge in [-0.25, -0.2) is 0 Å². The first kappa shape index (κ1) is 11.7. The minimum atomic E-state index is -0.756. The number of aryl methyl sites for hydroxylation is 1. The van der Waals surface area contributed by atoms with Crippen molar-refractivity contribution in [2.75, 3.05) is 13.2 Å². The Hall–Kier alpha value is -1.35. The molecule has 3 heteroatoms. The Labute approximate surface area is 107 Å². The van der Waals surface area contributed by atoms with Crippen molar-refractivity contribution in [2.45, 2.75) is 37.5 Å². The van der Waals surface area contributed by atoms with Crippen LogP contribution in [0.25, 0.3) is 0 Å². The number of carboxylic acids is 1. The number of carboxylic acid groups (broad SMARTS) is 1. The van der Waals surface area contributed by atoms with E-state index in [1.54, 1.807) is 0 Å². The van der Waals surface area contributed by atoms with Crippen molar-refractivity contribution in [3.63, 3.8) is 0 Å². The van der Waals surface area contributed by atoms with Gasteiger partial charge in [-0.05, 0) is 42.4 Å². The first-order chi connectivity index (χ1) is 8.70. The molecule has 0 bridgehead atoms. The number of aliphatic carboxylic acids is 1. The van der Waals surface area contributed by atoms with Crippen molar-refractivity contribution >= 4 is 5.97 Å². The molecule has 18 heavy (non-hydrogen) atoms. The summed E-state index contributed by atoms with van der Waals surface area (Å²) in [7, 11) is 0. The predicted molar refractivity (Wildman–Crippen MR) is 67.8 cm³/mol. The topological polar surface area (TPSA) is 46.5 Å². The minimum absolute atomic E-state index is 0.128. The van der Waals surface area contributed by atoms with Crippen LogP contribution in [0, 0.1) is 0 Å². The summed E-state index contributed by atoms with van der Waals surface area (Å²) in [5, 5.41) is 8.84. The Morgan fingerprint density at radius 2 is 2.06 bits per heavy atom. The quantitative estimate of drug-likeness (QED) is 0.871. The summed E-state index contributed by atoms with van der Waals surface area (Å²) in [6, 6.07) is 6.23. The van der Waals surface area contributed by atoms with Gasteiger partial charge in [-0.3, -0.25) is 4.79 Å². The van der Waals surface area contributed by atoms with Crippen LogP contribution in [0.4, 0.5) is 0 Å². The van der Waals surface area contributed by atoms with Gasteiger partial charge in [0.05, 0.1) is 6.42 Å². The van der Waals surface area contributed by atoms with Crippen molar-refractivity contribution in [1.29, 1.82) is 0 Å². The van der Waals surface area contributed by atoms with E-state index in [4.69, 9.17) is 9.84 Å². The standard InChI is InChI=1S/C15H18O3/c16-14(17)10-11-1-2-13-12(9-11)3-4-15(13)5-7-18-8-6-15/h1-2,9H,3-8,10H2,(H,16,17). The van der Waals surface area contributed by atoms with Crippen LogP contribution in [0.3, 0.4) is 0 Å². The third kappa shape index (κ3) is 1.93. The molecule has 3 rings (SSSR count). The Kier molecular flexibility index (Phi) is 2.86. The fraction of sp³-hybridized carbons (Fsp3) is 0.533. The van der Waals surface area contributed by atoms with Gasteiger partial charge in [-0.1, -0.05) is 18.2 Å². The van der Waals surface area contributed by atoms with Crippen LogP contribution in [0.5, 0.6) is 0 Å². The van der Waals surface area contributed by atoms with Gasteiger partial charge < -0.3 is 9.84 Å². The van der Waals surface area contributed by atoms with Gasteiger partial charge in [0.2, 0.25) is 0 Å². The van der Waals surface area contributed by atoms with Gasteiger partial charge in [0, 0.05) is 18.6 Å². The lowest BCUT2D eigenvalue weighted by Gasteiger charge is -2.34. The Balaban J connectivity index is 1.91. The van der Waals surface area contributed by atoms with Gasteiger partial charge in [-0.2, -0.15) is 0 Å². The smallest absolute Gasteiger partial charge is 0.307 e. The lowest BCUT2D eigenvalue weighted by Crippen LogP contribution is -2.31. The predicted octanol–water partition coefficient (Wildman–Crippen LogP) is 2.31. The molecular weight excluding hydrogens is 228 g/mol. The fourth-order valence-electron chi connectivity index (χ4n) is 3.45. The Morgan fingerprint density at radius 1 is 1.28 bits per heavy atom. The summed E-state index contributed by atoms with van der Waals surface area (Å²) in [4.78, 5) is 10.7. The van der Waals surface area contributed by atoms with Crippen molar-refractivity contribution in [1.82, 2.24) is 0 Å². The number of hydrogen-bond acceptors (Lipinski definition) is 2. The summed E-state index contributed by atoms with van der Waals surface area (Å²) in [5.74, 6) is -0.756. The van der Waals surface area contributed by atoms with Gasteiger partial charge in [0.1, 0.15) is 0 Å². The van der Waals surface area contributed by atoms with Crippen LogP contribution >= 0.6 is 0 Å². The minimum Gasteiger partial charge on any atom is -0.481 e. The molecule has 96 valence electrons. The lowest BCUT2D eigenvalue weighted by molar-refractivity contribution is -0.136. The van der Waals surface area contributed by atoms with E-state index in [9.17, 15) is 4.79 Å². The third-order valence-corrected chi connectivity index (χ3v) is 4.42. The molecule has 0 aromatic heterocycles. The summed E-state index contributed by atoms with van der Waals surface area (Å²) >= 11 is 0. The number of ether oxygens (including phenoxy) is 1. The molecule has 1 N–H and O–H groups in total. The monoisotopic (exact) mass is 246 g/mol. The molecule has 1 aliphatic carbocycles. The number of hydrogen-bond donors (Lipinski definition) is 1. The molecule has 1 aromatic carbocycles. The van der Waals surface area contributed by atoms with E-state index < -0.39 is 5.97 Å². The van der Waals surface area contributed by atoms with Crippen LogP contribution in [-0.2, 0) is 27.8 Å². The summed E-state index contributed by atoms with van der Waals surface area (Å²) in [6.07, 6.45) is 4.63. The zero-order valence-corrected chi connectivity index (χ0v) is 10.4. The fourth-order valence-corrected chi connectivity index (χ4v) is 3.45. The number of rotatable bonds is 2. The molecule has 1 aliphatic heterocycles. The average Bonchev–Trinajstić information content (AvgIpc) is 2.68. The summed E-state index contributed by atoms with van der Waals surface area (Å²) in [5.41, 5.74) is 4.04. The van der Waals surface area contributed by atoms with E-state index in [-0.39, 0.29) is 6.42 Å². The Bertz CT molecular complexity index is 473. The van der Waals surface area contributed by atoms with Crippen LogP contribution in [-0.4, -0.2) is 24.3 Å². The molecule has 0 amide bonds. The molecule has 2 aliphatic rings. The van der Waals surface area contributed by atoms with E-state index >= 15 is 0 Å². The Morgan fingerprint density at radius 3 is 2.78 bits per heavy atom. The maximum absolute atomic E-state index is 10.7. The van der Waals surface area contributed by atoms with E-state index in [0.29, 0.717) is 5.41 Å². The van der Waals surface area contributed by atoms with Crippen LogP contribution in [0.2, 0.25) is 0 Å². The highest BCUT2D eigenvalue weighted by atomic mass is 16.5. The molecule has 1 spiro atoms. The molecule has 1 aromatic rings. The second-order valence-corrected chi connectivity index (χ2v) is 5.45. The highest BCUT2D eigenvalue weighted by Crippen LogP contribution is 2.45. The van der Waals surface area contributed by atoms with Gasteiger partial charge in [-0.15, -0.1) is 0 Å². The molecular formula is C15H18O3. The van der Waals surface area contributed by atoms with Gasteiger partial charge in [0.25, 0.3) is 0 Å². The van der Waals surface area contributed by atoms with Gasteiger partial charge >= 0.3 is 5.97 Å². The first-order valence-electron chi connectivity index (χ1n) is 6.61. The highest BCUT2D eigenvalue weighted by Gasteiger charge is 2.39. The number of carbonyl (C=O) groups is 1. The maximum atomic E-state index is 10.7. The molecule has 3 nitrogen and oxygen atoms in total. The highest BCUT2D eigenvalue weighted by molar-refractivity contribution is 5.70. The summed E-state index contributed by atoms with van der Waals surface area (Å²) in [6.45, 7) is 1.71. The van der Waals surface area contributed by atoms with Crippen LogP contribution in [0.15, 0.2) is 18.2 Å². The zero-order valence-electron chi connectivity index (χ0n) is 10.4. The lowest BCUT2D eigenvalue weighted by atomic mass is 9.75. The van der Waals surface area contributed by atoms with Crippen molar-refractivity contribution in [3.05, 3.63) is 34.9 Å².